The second-order valence-corrected chi connectivity index (χ2v) is 129. The van der Waals surface area contributed by atoms with Crippen LogP contribution in [0.4, 0.5) is 11.6 Å². The molecule has 1 aromatic carbocycles. The summed E-state index contributed by atoms with van der Waals surface area (Å²) in [5, 5.41) is 0. The second-order valence-electron chi connectivity index (χ2n) is 9.32. The molecule has 20 unspecified atom stereocenters. The van der Waals surface area contributed by atoms with Crippen LogP contribution in [0.15, 0.2) is 50.0 Å². The highest BCUT2D eigenvalue weighted by molar-refractivity contribution is 9.34. The fourth-order valence-electron chi connectivity index (χ4n) is 3.37. The van der Waals surface area contributed by atoms with E-state index in [-0.39, 0.29) is 103 Å². The van der Waals surface area contributed by atoms with E-state index in [4.69, 9.17) is 11.0 Å². The van der Waals surface area contributed by atoms with E-state index in [1.54, 1.807) is 6.07 Å². The molecule has 2 heterocycles. The molecule has 0 spiro atoms. The van der Waals surface area contributed by atoms with Crippen molar-refractivity contribution in [2.24, 2.45) is 5.92 Å². The molecule has 1 aliphatic rings. The summed E-state index contributed by atoms with van der Waals surface area (Å²) in [5.74, 6) is 0.236. The lowest BCUT2D eigenvalue weighted by atomic mass is 9.99. The monoisotopic (exact) mass is 1440 g/mol. The number of halogens is 2. The van der Waals surface area contributed by atoms with Crippen molar-refractivity contribution in [3.63, 3.8) is 0 Å². The number of benzene rings is 1. The van der Waals surface area contributed by atoms with Gasteiger partial charge in [-0.2, -0.15) is 4.85 Å². The second kappa shape index (κ2) is 37.3. The minimum Gasteiger partial charge on any atom is -0.486 e. The summed E-state index contributed by atoms with van der Waals surface area (Å²) in [7, 11) is 54.9. The van der Waals surface area contributed by atoms with Crippen molar-refractivity contribution < 1.29 is 13.9 Å². The zero-order valence-electron chi connectivity index (χ0n) is 28.5. The average molecular weight is 1440 g/mol. The van der Waals surface area contributed by atoms with Gasteiger partial charge in [0.05, 0.1) is 30.3 Å². The fraction of sp³-hybridized carbons (Fsp3) is 0.250. The van der Waals surface area contributed by atoms with Gasteiger partial charge in [-0.15, -0.1) is 152 Å². The molecule has 20 atom stereocenters. The van der Waals surface area contributed by atoms with E-state index in [0.717, 1.165) is 31.2 Å². The number of nitrogens with zero attached hydrogens (tertiary/aromatic N) is 2. The number of ether oxygens (including phenoxy) is 1. The normalized spacial score (nSPS) is 14.6. The van der Waals surface area contributed by atoms with Crippen LogP contribution in [0.5, 0.6) is 0 Å². The molecule has 1 saturated heterocycles. The van der Waals surface area contributed by atoms with Crippen LogP contribution in [0.2, 0.25) is 0 Å². The molecule has 0 aliphatic carbocycles. The van der Waals surface area contributed by atoms with Crippen molar-refractivity contribution in [3.8, 4) is 0 Å². The van der Waals surface area contributed by atoms with Crippen LogP contribution in [0.25, 0.3) is 4.85 Å². The smallest absolute Gasteiger partial charge is 0.359 e. The summed E-state index contributed by atoms with van der Waals surface area (Å²) in [6.07, 6.45) is 1.47. The molecule has 0 radical (unpaired) electrons. The summed E-state index contributed by atoms with van der Waals surface area (Å²) >= 11 is 6.54. The quantitative estimate of drug-likeness (QED) is 0.107. The van der Waals surface area contributed by atoms with Crippen molar-refractivity contribution >= 4 is 300 Å². The molecule has 1 aliphatic heterocycles. The highest BCUT2D eigenvalue weighted by Gasteiger charge is 2.40. The van der Waals surface area contributed by atoms with E-state index in [1.165, 1.54) is 13.4 Å². The van der Waals surface area contributed by atoms with Gasteiger partial charge in [-0.3, -0.25) is 4.79 Å². The minimum absolute atomic E-state index is 0.0361. The first-order valence-corrected chi connectivity index (χ1v) is 69.9. The third-order valence-corrected chi connectivity index (χ3v) is 191. The number of furan rings is 1. The zero-order chi connectivity index (χ0) is 42.0. The molecular weight excluding hydrogens is 1390 g/mol. The maximum Gasteiger partial charge on any atom is 0.359 e. The van der Waals surface area contributed by atoms with Crippen LogP contribution < -0.4 is 4.90 Å². The van der Waals surface area contributed by atoms with E-state index in [2.05, 4.69) is 198 Å². The Morgan fingerprint density at radius 2 is 1.24 bits per heavy atom. The van der Waals surface area contributed by atoms with Crippen molar-refractivity contribution in [2.75, 3.05) is 25.1 Å². The predicted molar refractivity (Wildman–Crippen MR) is 358 cm³/mol. The number of rotatable bonds is 14. The van der Waals surface area contributed by atoms with Gasteiger partial charge in [0.25, 0.3) is 0 Å². The van der Waals surface area contributed by atoms with Gasteiger partial charge in [-0.25, -0.2) is 0 Å². The SMILES string of the molecule is COC(=O)C1CN(c2cccc(Br)c2)C1.PP(P)P(P)P(P(P)P)P(P)P.PPP(P)P(P(P(P)P)P(P)P)P(P(P)P)P(P)P.[C-]#[N+]c1occc1Br. The topological polar surface area (TPSA) is 47.0 Å². The molecule has 0 amide bonds. The molecule has 0 saturated carbocycles. The van der Waals surface area contributed by atoms with Gasteiger partial charge in [0, 0.05) is 23.2 Å². The first-order chi connectivity index (χ1) is 25.1. The Morgan fingerprint density at radius 1 is 0.778 bits per heavy atom. The maximum atomic E-state index is 11.2. The lowest BCUT2D eigenvalue weighted by molar-refractivity contribution is -0.146. The van der Waals surface area contributed by atoms with Gasteiger partial charge >= 0.3 is 11.9 Å². The van der Waals surface area contributed by atoms with Crippen LogP contribution in [-0.2, 0) is 9.53 Å². The molecule has 54 heavy (non-hydrogen) atoms. The third kappa shape index (κ3) is 26.1. The molecule has 2 aromatic rings. The van der Waals surface area contributed by atoms with Crippen LogP contribution in [0.1, 0.15) is 0 Å². The number of anilines is 1. The largest absolute Gasteiger partial charge is 0.486 e. The van der Waals surface area contributed by atoms with Crippen LogP contribution in [0, 0.1) is 12.5 Å². The number of carbonyl (C=O) groups excluding carboxylic acids is 1. The Labute approximate surface area is 397 Å². The van der Waals surface area contributed by atoms with Gasteiger partial charge in [0.2, 0.25) is 0 Å². The van der Waals surface area contributed by atoms with Gasteiger partial charge < -0.3 is 14.1 Å². The molecular formula is C16H49Br2N2O3P31. The van der Waals surface area contributed by atoms with Crippen molar-refractivity contribution in [2.45, 2.75) is 0 Å². The van der Waals surface area contributed by atoms with Gasteiger partial charge in [0.15, 0.2) is 0 Å². The first kappa shape index (κ1) is 65.5. The molecule has 1 fully saturated rings. The number of esters is 1. The molecule has 3 rings (SSSR count). The van der Waals surface area contributed by atoms with Gasteiger partial charge in [0.1, 0.15) is 0 Å². The Bertz CT molecular complexity index is 1340. The molecule has 0 bridgehead atoms. The maximum absolute atomic E-state index is 11.2. The third-order valence-electron chi connectivity index (χ3n) is 5.59. The number of hydrogen-bond donors (Lipinski definition) is 0. The summed E-state index contributed by atoms with van der Waals surface area (Å²) < 4.78 is 11.2. The van der Waals surface area contributed by atoms with Crippen LogP contribution >= 0.6 is 282 Å². The molecule has 38 heteroatoms. The van der Waals surface area contributed by atoms with E-state index in [0.29, 0.717) is 10.4 Å². The zero-order valence-corrected chi connectivity index (χ0v) is 63.9. The fourth-order valence-corrected chi connectivity index (χ4v) is 325. The Morgan fingerprint density at radius 3 is 1.52 bits per heavy atom. The summed E-state index contributed by atoms with van der Waals surface area (Å²) in [5.41, 5.74) is 1.14. The minimum atomic E-state index is -0.110. The molecule has 1 aromatic heterocycles. The Hall–Kier alpha value is 11.5. The highest BCUT2D eigenvalue weighted by Crippen LogP contribution is 3.28. The van der Waals surface area contributed by atoms with Gasteiger partial charge in [-0.1, -0.05) is 45.9 Å². The Kier molecular flexibility index (Phi) is 45.3. The lowest BCUT2D eigenvalue weighted by Crippen LogP contribution is -2.50. The van der Waals surface area contributed by atoms with Crippen molar-refractivity contribution in [3.05, 3.63) is 57.0 Å². The Balaban J connectivity index is 0.000000721. The lowest BCUT2D eigenvalue weighted by Gasteiger charge is -2.44. The van der Waals surface area contributed by atoms with Crippen LogP contribution in [-0.4, -0.2) is 26.2 Å². The van der Waals surface area contributed by atoms with E-state index in [1.807, 2.05) is 24.3 Å². The average Bonchev–Trinajstić information content (AvgIpc) is 3.47. The molecule has 5 nitrogen and oxygen atoms in total. The number of hydrogen-bond acceptors (Lipinski definition) is 4. The summed E-state index contributed by atoms with van der Waals surface area (Å²) in [4.78, 5) is 16.4. The molecule has 310 valence electrons. The van der Waals surface area contributed by atoms with Gasteiger partial charge in [-0.05, 0) is 115 Å². The first-order valence-electron chi connectivity index (χ1n) is 13.6. The number of carbonyl (C=O) groups is 1. The van der Waals surface area contributed by atoms with Crippen molar-refractivity contribution in [1.82, 2.24) is 0 Å². The summed E-state index contributed by atoms with van der Waals surface area (Å²) in [6.45, 7) is 9.56. The van der Waals surface area contributed by atoms with E-state index >= 15 is 0 Å². The standard InChI is InChI=1S/C11H12BrNO2.C5H2BrNO.H21P19.H14P12/c1-15-11(14)8-6-13(7-8)10-4-2-3-9(12)5-10;1-7-5-4(6)2-3-8-5;1-11-16(10)19(17(12(2)3)13(4)5)18(14(6)7)15(8)9;1-8(2)11(7)12(9(3)4)10(5)6/h2-5,8H,6-7H2,1H3;2-3H;11H,1-10H2;1-7H2. The van der Waals surface area contributed by atoms with E-state index < -0.39 is 0 Å². The number of methoxy groups -OCH3 is 1. The van der Waals surface area contributed by atoms with Crippen molar-refractivity contribution in [1.29, 1.82) is 0 Å². The predicted octanol–water partition coefficient (Wildman–Crippen LogP) is 22.0. The molecule has 0 N–H and O–H groups in total. The van der Waals surface area contributed by atoms with E-state index in [9.17, 15) is 4.79 Å². The summed E-state index contributed by atoms with van der Waals surface area (Å²) in [6, 6.07) is 9.76. The highest BCUT2D eigenvalue weighted by atomic mass is 79.9. The van der Waals surface area contributed by atoms with Crippen LogP contribution in [0.3, 0.4) is 0 Å².